The molecule has 0 spiro atoms. The molecule has 0 aromatic heterocycles. The highest BCUT2D eigenvalue weighted by Gasteiger charge is 2.34. The minimum Gasteiger partial charge on any atom is -0.349 e. The van der Waals surface area contributed by atoms with Gasteiger partial charge in [0.25, 0.3) is 0 Å². The minimum atomic E-state index is -0.693. The van der Waals surface area contributed by atoms with E-state index < -0.39 is 17.2 Å². The molecule has 104 valence electrons. The Labute approximate surface area is 116 Å². The number of hydrogen-bond acceptors (Lipinski definition) is 1. The third-order valence-electron chi connectivity index (χ3n) is 3.62. The summed E-state index contributed by atoms with van der Waals surface area (Å²) >= 11 is 5.91. The first-order valence-electron chi connectivity index (χ1n) is 6.36. The molecule has 1 aliphatic rings. The first-order valence-corrected chi connectivity index (χ1v) is 6.90. The third-order valence-corrected chi connectivity index (χ3v) is 4.13. The Morgan fingerprint density at radius 1 is 1.26 bits per heavy atom. The number of alkyl halides is 1. The molecule has 1 fully saturated rings. The van der Waals surface area contributed by atoms with Crippen LogP contribution in [0.4, 0.5) is 8.78 Å². The van der Waals surface area contributed by atoms with Gasteiger partial charge in [0.1, 0.15) is 11.6 Å². The maximum atomic E-state index is 13.5. The number of carbonyl (C=O) groups is 1. The SMILES string of the molecule is O=C(Cc1c(F)cccc1F)NC1(CCl)CCCC1. The van der Waals surface area contributed by atoms with Crippen LogP contribution in [-0.2, 0) is 11.2 Å². The van der Waals surface area contributed by atoms with Crippen LogP contribution in [0.5, 0.6) is 0 Å². The zero-order valence-electron chi connectivity index (χ0n) is 10.5. The maximum Gasteiger partial charge on any atom is 0.225 e. The fraction of sp³-hybridized carbons (Fsp3) is 0.500. The van der Waals surface area contributed by atoms with Crippen LogP contribution in [0.3, 0.4) is 0 Å². The van der Waals surface area contributed by atoms with Crippen LogP contribution < -0.4 is 5.32 Å². The number of amides is 1. The Morgan fingerprint density at radius 2 is 1.84 bits per heavy atom. The predicted octanol–water partition coefficient (Wildman–Crippen LogP) is 3.18. The van der Waals surface area contributed by atoms with Crippen molar-refractivity contribution in [3.63, 3.8) is 0 Å². The minimum absolute atomic E-state index is 0.192. The molecule has 1 amide bonds. The van der Waals surface area contributed by atoms with E-state index in [0.29, 0.717) is 5.88 Å². The normalized spacial score (nSPS) is 17.4. The maximum absolute atomic E-state index is 13.5. The number of hydrogen-bond donors (Lipinski definition) is 1. The summed E-state index contributed by atoms with van der Waals surface area (Å²) in [4.78, 5) is 11.9. The Hall–Kier alpha value is -1.16. The van der Waals surface area contributed by atoms with E-state index in [-0.39, 0.29) is 17.9 Å². The quantitative estimate of drug-likeness (QED) is 0.847. The predicted molar refractivity (Wildman–Crippen MR) is 70.1 cm³/mol. The lowest BCUT2D eigenvalue weighted by Crippen LogP contribution is -2.48. The van der Waals surface area contributed by atoms with Crippen molar-refractivity contribution in [1.29, 1.82) is 0 Å². The van der Waals surface area contributed by atoms with Crippen LogP contribution in [0.1, 0.15) is 31.2 Å². The standard InChI is InChI=1S/C14H16ClF2NO/c15-9-14(6-1-2-7-14)18-13(19)8-10-11(16)4-3-5-12(10)17/h3-5H,1-2,6-9H2,(H,18,19). The summed E-state index contributed by atoms with van der Waals surface area (Å²) in [6.07, 6.45) is 3.38. The molecule has 0 saturated heterocycles. The van der Waals surface area contributed by atoms with Gasteiger partial charge >= 0.3 is 0 Å². The lowest BCUT2D eigenvalue weighted by atomic mass is 9.99. The molecule has 2 rings (SSSR count). The Bertz CT molecular complexity index is 452. The first-order chi connectivity index (χ1) is 9.06. The number of halogens is 3. The van der Waals surface area contributed by atoms with Gasteiger partial charge in [-0.1, -0.05) is 18.9 Å². The fourth-order valence-corrected chi connectivity index (χ4v) is 2.88. The Morgan fingerprint density at radius 3 is 2.37 bits per heavy atom. The summed E-state index contributed by atoms with van der Waals surface area (Å²) in [6.45, 7) is 0. The van der Waals surface area contributed by atoms with Gasteiger partial charge in [-0.15, -0.1) is 11.6 Å². The summed E-state index contributed by atoms with van der Waals surface area (Å²) in [7, 11) is 0. The zero-order chi connectivity index (χ0) is 13.9. The summed E-state index contributed by atoms with van der Waals surface area (Å²) in [5, 5.41) is 2.84. The summed E-state index contributed by atoms with van der Waals surface area (Å²) in [6, 6.07) is 3.58. The Balaban J connectivity index is 2.05. The Kier molecular flexibility index (Phi) is 4.40. The molecule has 0 bridgehead atoms. The van der Waals surface area contributed by atoms with E-state index in [2.05, 4.69) is 5.32 Å². The van der Waals surface area contributed by atoms with E-state index in [9.17, 15) is 13.6 Å². The van der Waals surface area contributed by atoms with Gasteiger partial charge in [0, 0.05) is 11.4 Å². The topological polar surface area (TPSA) is 29.1 Å². The van der Waals surface area contributed by atoms with Gasteiger partial charge in [-0.2, -0.15) is 0 Å². The van der Waals surface area contributed by atoms with Crippen LogP contribution in [0.25, 0.3) is 0 Å². The molecule has 0 radical (unpaired) electrons. The van der Waals surface area contributed by atoms with E-state index in [4.69, 9.17) is 11.6 Å². The molecule has 2 nitrogen and oxygen atoms in total. The van der Waals surface area contributed by atoms with Crippen molar-refractivity contribution in [2.24, 2.45) is 0 Å². The van der Waals surface area contributed by atoms with Gasteiger partial charge in [-0.25, -0.2) is 8.78 Å². The van der Waals surface area contributed by atoms with E-state index >= 15 is 0 Å². The molecule has 0 heterocycles. The summed E-state index contributed by atoms with van der Waals surface area (Å²) in [5.74, 6) is -1.44. The molecular formula is C14H16ClF2NO. The molecule has 0 aliphatic heterocycles. The van der Waals surface area contributed by atoms with Gasteiger partial charge < -0.3 is 5.32 Å². The van der Waals surface area contributed by atoms with Crippen LogP contribution in [0.15, 0.2) is 18.2 Å². The lowest BCUT2D eigenvalue weighted by Gasteiger charge is -2.27. The summed E-state index contributed by atoms with van der Waals surface area (Å²) in [5.41, 5.74) is -0.594. The van der Waals surface area contributed by atoms with Gasteiger partial charge in [-0.05, 0) is 25.0 Å². The van der Waals surface area contributed by atoms with Crippen LogP contribution in [-0.4, -0.2) is 17.3 Å². The van der Waals surface area contributed by atoms with Crippen LogP contribution in [0.2, 0.25) is 0 Å². The molecule has 1 N–H and O–H groups in total. The van der Waals surface area contributed by atoms with Gasteiger partial charge in [0.05, 0.1) is 12.0 Å². The van der Waals surface area contributed by atoms with Gasteiger partial charge in [-0.3, -0.25) is 4.79 Å². The largest absolute Gasteiger partial charge is 0.349 e. The average molecular weight is 288 g/mol. The van der Waals surface area contributed by atoms with E-state index in [1.165, 1.54) is 6.07 Å². The number of carbonyl (C=O) groups excluding carboxylic acids is 1. The molecule has 0 unspecified atom stereocenters. The van der Waals surface area contributed by atoms with Crippen molar-refractivity contribution in [2.75, 3.05) is 5.88 Å². The van der Waals surface area contributed by atoms with Crippen LogP contribution >= 0.6 is 11.6 Å². The fourth-order valence-electron chi connectivity index (χ4n) is 2.55. The molecule has 1 aromatic carbocycles. The zero-order valence-corrected chi connectivity index (χ0v) is 11.3. The first kappa shape index (κ1) is 14.3. The number of rotatable bonds is 4. The molecule has 19 heavy (non-hydrogen) atoms. The number of nitrogens with one attached hydrogen (secondary N) is 1. The van der Waals surface area contributed by atoms with Crippen LogP contribution in [0, 0.1) is 11.6 Å². The van der Waals surface area contributed by atoms with E-state index in [1.807, 2.05) is 0 Å². The molecule has 5 heteroatoms. The van der Waals surface area contributed by atoms with Gasteiger partial charge in [0.2, 0.25) is 5.91 Å². The average Bonchev–Trinajstić information content (AvgIpc) is 2.83. The summed E-state index contributed by atoms with van der Waals surface area (Å²) < 4.78 is 26.9. The second-order valence-corrected chi connectivity index (χ2v) is 5.31. The smallest absolute Gasteiger partial charge is 0.225 e. The molecule has 1 saturated carbocycles. The number of benzene rings is 1. The van der Waals surface area contributed by atoms with Crippen molar-refractivity contribution >= 4 is 17.5 Å². The van der Waals surface area contributed by atoms with Crippen molar-refractivity contribution < 1.29 is 13.6 Å². The molecular weight excluding hydrogens is 272 g/mol. The van der Waals surface area contributed by atoms with E-state index in [0.717, 1.165) is 37.8 Å². The molecule has 0 atom stereocenters. The second kappa shape index (κ2) is 5.87. The van der Waals surface area contributed by atoms with Crippen molar-refractivity contribution in [3.05, 3.63) is 35.4 Å². The molecule has 1 aliphatic carbocycles. The van der Waals surface area contributed by atoms with Crippen molar-refractivity contribution in [1.82, 2.24) is 5.32 Å². The highest BCUT2D eigenvalue weighted by Crippen LogP contribution is 2.30. The second-order valence-electron chi connectivity index (χ2n) is 5.05. The van der Waals surface area contributed by atoms with Gasteiger partial charge in [0.15, 0.2) is 0 Å². The lowest BCUT2D eigenvalue weighted by molar-refractivity contribution is -0.122. The monoisotopic (exact) mass is 287 g/mol. The highest BCUT2D eigenvalue weighted by molar-refractivity contribution is 6.18. The van der Waals surface area contributed by atoms with Crippen molar-refractivity contribution in [2.45, 2.75) is 37.6 Å². The third kappa shape index (κ3) is 3.24. The molecule has 1 aromatic rings. The highest BCUT2D eigenvalue weighted by atomic mass is 35.5. The van der Waals surface area contributed by atoms with E-state index in [1.54, 1.807) is 0 Å². The van der Waals surface area contributed by atoms with Crippen molar-refractivity contribution in [3.8, 4) is 0 Å².